The summed E-state index contributed by atoms with van der Waals surface area (Å²) < 4.78 is 42.3. The molecule has 6 aromatic rings. The smallest absolute Gasteiger partial charge is 0.354 e. The van der Waals surface area contributed by atoms with Gasteiger partial charge in [-0.1, -0.05) is 35.5 Å². The Balaban J connectivity index is 0.804. The number of imidazole rings is 1. The lowest BCUT2D eigenvalue weighted by molar-refractivity contribution is -0.136. The van der Waals surface area contributed by atoms with Gasteiger partial charge in [0.25, 0.3) is 0 Å². The third-order valence-electron chi connectivity index (χ3n) is 10.5. The number of benzene rings is 2. The van der Waals surface area contributed by atoms with Gasteiger partial charge in [-0.3, -0.25) is 38.5 Å². The van der Waals surface area contributed by atoms with E-state index in [0.29, 0.717) is 37.1 Å². The van der Waals surface area contributed by atoms with Crippen molar-refractivity contribution in [2.75, 3.05) is 38.0 Å². The molecule has 2 amide bonds. The van der Waals surface area contributed by atoms with Crippen LogP contribution >= 0.6 is 0 Å². The highest BCUT2D eigenvalue weighted by Crippen LogP contribution is 2.29. The van der Waals surface area contributed by atoms with E-state index < -0.39 is 24.5 Å². The Morgan fingerprint density at radius 3 is 2.45 bits per heavy atom. The number of amides is 2. The van der Waals surface area contributed by atoms with Crippen molar-refractivity contribution in [3.63, 3.8) is 0 Å². The number of aromatic amines is 1. The molecule has 2 saturated heterocycles. The van der Waals surface area contributed by atoms with E-state index in [2.05, 4.69) is 70.0 Å². The van der Waals surface area contributed by atoms with Crippen LogP contribution in [0.15, 0.2) is 65.8 Å². The first-order valence-electron chi connectivity index (χ1n) is 18.6. The van der Waals surface area contributed by atoms with Gasteiger partial charge in [0.15, 0.2) is 0 Å². The molecule has 8 rings (SSSR count). The van der Waals surface area contributed by atoms with Gasteiger partial charge in [-0.15, -0.1) is 5.10 Å². The van der Waals surface area contributed by atoms with Crippen LogP contribution in [0.2, 0.25) is 0 Å². The van der Waals surface area contributed by atoms with Crippen LogP contribution in [0.1, 0.15) is 42.1 Å². The van der Waals surface area contributed by atoms with Crippen molar-refractivity contribution in [3.05, 3.63) is 88.4 Å². The average Bonchev–Trinajstić information content (AvgIpc) is 3.87. The number of rotatable bonds is 12. The zero-order chi connectivity index (χ0) is 39.0. The molecule has 18 heteroatoms. The molecule has 6 heterocycles. The molecular weight excluding hydrogens is 729 g/mol. The van der Waals surface area contributed by atoms with Gasteiger partial charge in [0.05, 0.1) is 23.1 Å². The number of anilines is 1. The molecule has 4 aromatic heterocycles. The van der Waals surface area contributed by atoms with E-state index >= 15 is 0 Å². The Bertz CT molecular complexity index is 2440. The fourth-order valence-electron chi connectivity index (χ4n) is 7.49. The number of hydrogen-bond acceptors (Lipinski definition) is 10. The molecule has 2 fully saturated rings. The molecule has 0 spiro atoms. The molecule has 0 radical (unpaired) electrons. The van der Waals surface area contributed by atoms with Crippen LogP contribution < -0.4 is 16.3 Å². The molecule has 56 heavy (non-hydrogen) atoms. The Labute approximate surface area is 318 Å². The summed E-state index contributed by atoms with van der Waals surface area (Å²) in [4.78, 5) is 53.7. The predicted molar refractivity (Wildman–Crippen MR) is 201 cm³/mol. The molecule has 0 unspecified atom stereocenters. The van der Waals surface area contributed by atoms with Crippen LogP contribution in [0.3, 0.4) is 0 Å². The summed E-state index contributed by atoms with van der Waals surface area (Å²) in [7, 11) is 1.69. The monoisotopic (exact) mass is 770 g/mol. The molecular formula is C38H41F3N12O3. The van der Waals surface area contributed by atoms with Crippen molar-refractivity contribution in [1.29, 1.82) is 0 Å². The Morgan fingerprint density at radius 1 is 0.946 bits per heavy atom. The van der Waals surface area contributed by atoms with Gasteiger partial charge < -0.3 is 10.3 Å². The van der Waals surface area contributed by atoms with Gasteiger partial charge in [-0.2, -0.15) is 18.2 Å². The van der Waals surface area contributed by atoms with E-state index in [1.165, 1.54) is 10.1 Å². The summed E-state index contributed by atoms with van der Waals surface area (Å²) in [5.41, 5.74) is 6.71. The highest BCUT2D eigenvalue weighted by atomic mass is 19.4. The van der Waals surface area contributed by atoms with E-state index in [4.69, 9.17) is 0 Å². The highest BCUT2D eigenvalue weighted by molar-refractivity contribution is 6.00. The second kappa shape index (κ2) is 15.3. The lowest BCUT2D eigenvalue weighted by Gasteiger charge is -2.34. The number of alkyl halides is 3. The van der Waals surface area contributed by atoms with E-state index in [-0.39, 0.29) is 30.5 Å². The van der Waals surface area contributed by atoms with Crippen LogP contribution in [0.4, 0.5) is 19.1 Å². The fraction of sp³-hybridized carbons (Fsp3) is 0.395. The Morgan fingerprint density at radius 2 is 1.70 bits per heavy atom. The van der Waals surface area contributed by atoms with Crippen LogP contribution in [0.5, 0.6) is 0 Å². The lowest BCUT2D eigenvalue weighted by Crippen LogP contribution is -2.45. The topological polar surface area (TPSA) is 164 Å². The van der Waals surface area contributed by atoms with Crippen LogP contribution in [0.25, 0.3) is 33.2 Å². The summed E-state index contributed by atoms with van der Waals surface area (Å²) in [5.74, 6) is -0.617. The van der Waals surface area contributed by atoms with E-state index in [1.807, 2.05) is 35.3 Å². The molecule has 2 aromatic carbocycles. The van der Waals surface area contributed by atoms with Crippen molar-refractivity contribution in [1.82, 2.24) is 54.2 Å². The van der Waals surface area contributed by atoms with E-state index in [0.717, 1.165) is 66.0 Å². The molecule has 2 aliphatic rings. The van der Waals surface area contributed by atoms with Crippen LogP contribution in [-0.4, -0.2) is 99.6 Å². The maximum absolute atomic E-state index is 13.1. The predicted octanol–water partition coefficient (Wildman–Crippen LogP) is 3.77. The minimum atomic E-state index is -4.24. The number of carbonyl (C=O) groups excluding carboxylic acids is 2. The number of imide groups is 1. The number of carbonyl (C=O) groups is 2. The van der Waals surface area contributed by atoms with Gasteiger partial charge >= 0.3 is 11.9 Å². The number of piperidine rings is 1. The number of piperazine rings is 1. The number of nitrogens with zero attached hydrogens (tertiary/aromatic N) is 9. The summed E-state index contributed by atoms with van der Waals surface area (Å²) in [6.07, 6.45) is 1.42. The zero-order valence-corrected chi connectivity index (χ0v) is 30.7. The summed E-state index contributed by atoms with van der Waals surface area (Å²) in [6.45, 7) is 5.53. The lowest BCUT2D eigenvalue weighted by atomic mass is 10.0. The first kappa shape index (κ1) is 37.1. The molecule has 292 valence electrons. The molecule has 2 aliphatic heterocycles. The SMILES string of the molecule is Cn1c(=O)n([C@H]2CCC(=O)NC2=O)c2ccc(CCn3cc(CN4CCN(Cc5ccc(-c6c[nH]c7nc(NCCC(F)(F)F)ncc67)cc5)CC4)nn3)cc21. The van der Waals surface area contributed by atoms with Crippen LogP contribution in [0, 0.1) is 0 Å². The molecule has 15 nitrogen and oxygen atoms in total. The number of aryl methyl sites for hydroxylation is 3. The summed E-state index contributed by atoms with van der Waals surface area (Å²) >= 11 is 0. The summed E-state index contributed by atoms with van der Waals surface area (Å²) in [6, 6.07) is 13.4. The minimum Gasteiger partial charge on any atom is -0.354 e. The third kappa shape index (κ3) is 8.06. The molecule has 0 saturated carbocycles. The number of nitrogens with one attached hydrogen (secondary N) is 3. The van der Waals surface area contributed by atoms with Crippen LogP contribution in [-0.2, 0) is 42.7 Å². The molecule has 0 bridgehead atoms. The number of H-pyrrole nitrogens is 1. The van der Waals surface area contributed by atoms with Gasteiger partial charge in [0, 0.05) is 95.4 Å². The second-order valence-electron chi connectivity index (χ2n) is 14.4. The Kier molecular flexibility index (Phi) is 10.1. The normalized spacial score (nSPS) is 17.2. The molecule has 1 atom stereocenters. The average molecular weight is 771 g/mol. The first-order chi connectivity index (χ1) is 27.0. The largest absolute Gasteiger partial charge is 0.390 e. The number of halogens is 3. The maximum atomic E-state index is 13.1. The highest BCUT2D eigenvalue weighted by Gasteiger charge is 2.31. The van der Waals surface area contributed by atoms with Gasteiger partial charge in [0.1, 0.15) is 11.7 Å². The summed E-state index contributed by atoms with van der Waals surface area (Å²) in [5, 5.41) is 14.5. The number of fused-ring (bicyclic) bond motifs is 2. The fourth-order valence-corrected chi connectivity index (χ4v) is 7.49. The van der Waals surface area contributed by atoms with Gasteiger partial charge in [-0.05, 0) is 41.7 Å². The minimum absolute atomic E-state index is 0.151. The second-order valence-corrected chi connectivity index (χ2v) is 14.4. The van der Waals surface area contributed by atoms with Gasteiger partial charge in [-0.25, -0.2) is 9.78 Å². The van der Waals surface area contributed by atoms with Crippen molar-refractivity contribution in [2.45, 2.75) is 57.5 Å². The number of hydrogen-bond donors (Lipinski definition) is 3. The van der Waals surface area contributed by atoms with Crippen molar-refractivity contribution in [3.8, 4) is 11.1 Å². The first-order valence-corrected chi connectivity index (χ1v) is 18.6. The Hall–Kier alpha value is -5.88. The number of aromatic nitrogens is 8. The van der Waals surface area contributed by atoms with Crippen molar-refractivity contribution >= 4 is 39.8 Å². The third-order valence-corrected chi connectivity index (χ3v) is 10.5. The van der Waals surface area contributed by atoms with E-state index in [9.17, 15) is 27.6 Å². The standard InChI is InChI=1S/C38H41F3N12O3/c1-49-32-18-24(4-7-30(32)53(37(49)56)31-8-9-33(54)45-35(31)55)10-13-52-23-27(47-48-52)22-51-16-14-50(15-17-51)21-25-2-5-26(6-3-25)28-19-43-34-29(28)20-44-36(46-34)42-12-11-38(39,40)41/h2-7,18-20,23,31H,8-17,21-22H2,1H3,(H,45,54,55)(H2,42,43,44,46)/t31-/m0/s1. The molecule has 3 N–H and O–H groups in total. The quantitative estimate of drug-likeness (QED) is 0.156. The zero-order valence-electron chi connectivity index (χ0n) is 30.7. The maximum Gasteiger partial charge on any atom is 0.390 e. The van der Waals surface area contributed by atoms with Crippen molar-refractivity contribution < 1.29 is 22.8 Å². The van der Waals surface area contributed by atoms with Crippen molar-refractivity contribution in [2.24, 2.45) is 7.05 Å². The molecule has 0 aliphatic carbocycles. The van der Waals surface area contributed by atoms with Gasteiger partial charge in [0.2, 0.25) is 17.8 Å². The van der Waals surface area contributed by atoms with E-state index in [1.54, 1.807) is 17.8 Å².